The van der Waals surface area contributed by atoms with Gasteiger partial charge >= 0.3 is 5.97 Å². The van der Waals surface area contributed by atoms with Crippen LogP contribution >= 0.6 is 0 Å². The van der Waals surface area contributed by atoms with Crippen LogP contribution in [0.4, 0.5) is 0 Å². The Hall–Kier alpha value is -1.30. The SMILES string of the molecule is O=C(N[C@H]1[C@H]([C@H](O)[C@H](O)CO)OC(O)(C(=O)O)C[C@@H]1O)C1CC1. The fourth-order valence-electron chi connectivity index (χ4n) is 2.53. The number of amides is 1. The highest BCUT2D eigenvalue weighted by Crippen LogP contribution is 2.33. The number of aliphatic carboxylic acids is 1. The van der Waals surface area contributed by atoms with Crippen molar-refractivity contribution in [2.75, 3.05) is 6.61 Å². The lowest BCUT2D eigenvalue weighted by atomic mass is 9.88. The molecule has 6 atom stereocenters. The van der Waals surface area contributed by atoms with Crippen molar-refractivity contribution in [1.82, 2.24) is 5.32 Å². The van der Waals surface area contributed by atoms with Gasteiger partial charge in [0, 0.05) is 12.3 Å². The van der Waals surface area contributed by atoms with Crippen LogP contribution in [-0.2, 0) is 14.3 Å². The molecule has 2 fully saturated rings. The summed E-state index contributed by atoms with van der Waals surface area (Å²) in [7, 11) is 0. The van der Waals surface area contributed by atoms with Gasteiger partial charge in [0.05, 0.1) is 18.8 Å². The van der Waals surface area contributed by atoms with Crippen LogP contribution in [0.25, 0.3) is 0 Å². The Balaban J connectivity index is 2.22. The van der Waals surface area contributed by atoms with E-state index >= 15 is 0 Å². The van der Waals surface area contributed by atoms with Gasteiger partial charge in [-0.2, -0.15) is 0 Å². The van der Waals surface area contributed by atoms with Crippen molar-refractivity contribution in [3.63, 3.8) is 0 Å². The highest BCUT2D eigenvalue weighted by Gasteiger charge is 2.54. The Bertz CT molecular complexity index is 468. The van der Waals surface area contributed by atoms with Crippen LogP contribution in [0.1, 0.15) is 19.3 Å². The molecule has 0 bridgehead atoms. The molecule has 2 aliphatic rings. The normalized spacial score (nSPS) is 37.0. The molecular weight excluding hydrogens is 314 g/mol. The third-order valence-corrected chi connectivity index (χ3v) is 4.09. The van der Waals surface area contributed by atoms with Crippen LogP contribution in [0.5, 0.6) is 0 Å². The topological polar surface area (TPSA) is 177 Å². The second-order valence-electron chi connectivity index (χ2n) is 5.99. The summed E-state index contributed by atoms with van der Waals surface area (Å²) in [6, 6.07) is -1.24. The molecule has 0 spiro atoms. The van der Waals surface area contributed by atoms with Gasteiger partial charge in [0.2, 0.25) is 5.91 Å². The van der Waals surface area contributed by atoms with Crippen molar-refractivity contribution in [3.05, 3.63) is 0 Å². The number of aliphatic hydroxyl groups excluding tert-OH is 4. The number of carbonyl (C=O) groups excluding carboxylic acids is 1. The van der Waals surface area contributed by atoms with Gasteiger partial charge in [-0.1, -0.05) is 0 Å². The van der Waals surface area contributed by atoms with Crippen LogP contribution in [-0.4, -0.2) is 85.4 Å². The molecule has 1 aliphatic carbocycles. The second kappa shape index (κ2) is 6.67. The summed E-state index contributed by atoms with van der Waals surface area (Å²) in [5.74, 6) is -5.17. The van der Waals surface area contributed by atoms with Gasteiger partial charge in [0.25, 0.3) is 5.79 Å². The quantitative estimate of drug-likeness (QED) is 0.260. The Kier molecular flexibility index (Phi) is 5.23. The molecule has 23 heavy (non-hydrogen) atoms. The number of carboxylic acid groups (broad SMARTS) is 1. The minimum atomic E-state index is -2.78. The lowest BCUT2D eigenvalue weighted by Crippen LogP contribution is -2.67. The first-order chi connectivity index (χ1) is 10.7. The molecule has 7 N–H and O–H groups in total. The predicted molar refractivity (Wildman–Crippen MR) is 71.8 cm³/mol. The Morgan fingerprint density at radius 2 is 1.91 bits per heavy atom. The maximum atomic E-state index is 11.9. The van der Waals surface area contributed by atoms with Crippen molar-refractivity contribution in [3.8, 4) is 0 Å². The standard InChI is InChI=1S/C13H21NO9/c15-4-7(17)9(18)10-8(14-11(19)5-1-2-5)6(16)3-13(22,23-10)12(20)21/h5-10,15-18,22H,1-4H2,(H,14,19)(H,20,21)/t6-,7+,8+,9+,10+,13?/m0/s1. The van der Waals surface area contributed by atoms with Gasteiger partial charge in [-0.3, -0.25) is 4.79 Å². The van der Waals surface area contributed by atoms with E-state index in [2.05, 4.69) is 5.32 Å². The molecule has 132 valence electrons. The van der Waals surface area contributed by atoms with E-state index in [4.69, 9.17) is 14.9 Å². The van der Waals surface area contributed by atoms with Gasteiger partial charge in [-0.05, 0) is 12.8 Å². The summed E-state index contributed by atoms with van der Waals surface area (Å²) in [6.45, 7) is -0.855. The zero-order valence-corrected chi connectivity index (χ0v) is 12.2. The van der Waals surface area contributed by atoms with Crippen LogP contribution in [0.15, 0.2) is 0 Å². The smallest absolute Gasteiger partial charge is 0.364 e. The highest BCUT2D eigenvalue weighted by molar-refractivity contribution is 5.81. The average molecular weight is 335 g/mol. The minimum absolute atomic E-state index is 0.219. The lowest BCUT2D eigenvalue weighted by Gasteiger charge is -2.44. The van der Waals surface area contributed by atoms with E-state index in [9.17, 15) is 30.0 Å². The molecular formula is C13H21NO9. The van der Waals surface area contributed by atoms with E-state index in [1.54, 1.807) is 0 Å². The summed E-state index contributed by atoms with van der Waals surface area (Å²) in [6.07, 6.45) is -6.05. The number of hydrogen-bond donors (Lipinski definition) is 7. The zero-order valence-electron chi connectivity index (χ0n) is 12.2. The first kappa shape index (κ1) is 18.0. The van der Waals surface area contributed by atoms with Crippen molar-refractivity contribution < 1.29 is 45.0 Å². The third kappa shape index (κ3) is 3.79. The van der Waals surface area contributed by atoms with Crippen molar-refractivity contribution in [1.29, 1.82) is 0 Å². The fourth-order valence-corrected chi connectivity index (χ4v) is 2.53. The van der Waals surface area contributed by atoms with E-state index in [0.717, 1.165) is 0 Å². The molecule has 1 saturated carbocycles. The zero-order chi connectivity index (χ0) is 17.4. The monoisotopic (exact) mass is 335 g/mol. The molecule has 0 aromatic rings. The minimum Gasteiger partial charge on any atom is -0.477 e. The summed E-state index contributed by atoms with van der Waals surface area (Å²) in [4.78, 5) is 23.0. The van der Waals surface area contributed by atoms with E-state index in [1.807, 2.05) is 0 Å². The predicted octanol–water partition coefficient (Wildman–Crippen LogP) is -3.48. The summed E-state index contributed by atoms with van der Waals surface area (Å²) in [5, 5.41) is 59.9. The van der Waals surface area contributed by atoms with E-state index in [1.165, 1.54) is 0 Å². The number of aliphatic hydroxyl groups is 5. The second-order valence-corrected chi connectivity index (χ2v) is 5.99. The summed E-state index contributed by atoms with van der Waals surface area (Å²) < 4.78 is 4.96. The van der Waals surface area contributed by atoms with Gasteiger partial charge in [0.1, 0.15) is 18.3 Å². The lowest BCUT2D eigenvalue weighted by molar-refractivity contribution is -0.295. The van der Waals surface area contributed by atoms with Crippen LogP contribution in [0, 0.1) is 5.92 Å². The average Bonchev–Trinajstić information content (AvgIpc) is 3.32. The summed E-state index contributed by atoms with van der Waals surface area (Å²) in [5.41, 5.74) is 0. The first-order valence-corrected chi connectivity index (χ1v) is 7.28. The van der Waals surface area contributed by atoms with E-state index in [-0.39, 0.29) is 5.92 Å². The van der Waals surface area contributed by atoms with Gasteiger partial charge < -0.3 is 40.7 Å². The maximum Gasteiger partial charge on any atom is 0.364 e. The number of hydrogen-bond acceptors (Lipinski definition) is 8. The maximum absolute atomic E-state index is 11.9. The highest BCUT2D eigenvalue weighted by atomic mass is 16.7. The number of ether oxygens (including phenoxy) is 1. The number of rotatable bonds is 6. The molecule has 10 nitrogen and oxygen atoms in total. The molecule has 1 unspecified atom stereocenters. The summed E-state index contributed by atoms with van der Waals surface area (Å²) >= 11 is 0. The Morgan fingerprint density at radius 3 is 2.39 bits per heavy atom. The van der Waals surface area contributed by atoms with Gasteiger partial charge in [-0.15, -0.1) is 0 Å². The Labute approximate surface area is 131 Å². The molecule has 2 rings (SSSR count). The number of carbonyl (C=O) groups is 2. The fraction of sp³-hybridized carbons (Fsp3) is 0.846. The molecule has 1 heterocycles. The number of nitrogens with one attached hydrogen (secondary N) is 1. The largest absolute Gasteiger partial charge is 0.477 e. The Morgan fingerprint density at radius 1 is 1.30 bits per heavy atom. The van der Waals surface area contributed by atoms with E-state index in [0.29, 0.717) is 12.8 Å². The molecule has 0 aromatic carbocycles. The van der Waals surface area contributed by atoms with Crippen molar-refractivity contribution in [2.45, 2.75) is 55.5 Å². The van der Waals surface area contributed by atoms with Crippen LogP contribution < -0.4 is 5.32 Å². The van der Waals surface area contributed by atoms with Crippen LogP contribution in [0.2, 0.25) is 0 Å². The molecule has 1 saturated heterocycles. The molecule has 1 amide bonds. The van der Waals surface area contributed by atoms with Crippen molar-refractivity contribution in [2.24, 2.45) is 5.92 Å². The van der Waals surface area contributed by atoms with Crippen LogP contribution in [0.3, 0.4) is 0 Å². The third-order valence-electron chi connectivity index (χ3n) is 4.09. The molecule has 10 heteroatoms. The van der Waals surface area contributed by atoms with E-state index < -0.39 is 61.1 Å². The number of carboxylic acids is 1. The van der Waals surface area contributed by atoms with Gasteiger partial charge in [0.15, 0.2) is 0 Å². The molecule has 1 aliphatic heterocycles. The van der Waals surface area contributed by atoms with Gasteiger partial charge in [-0.25, -0.2) is 4.79 Å². The first-order valence-electron chi connectivity index (χ1n) is 7.28. The molecule has 0 radical (unpaired) electrons. The molecule has 0 aromatic heterocycles. The van der Waals surface area contributed by atoms with Crippen molar-refractivity contribution >= 4 is 11.9 Å².